The van der Waals surface area contributed by atoms with Gasteiger partial charge in [0.25, 0.3) is 0 Å². The number of piperidine rings is 1. The fourth-order valence-electron chi connectivity index (χ4n) is 2.80. The molecule has 0 aliphatic carbocycles. The molecule has 0 radical (unpaired) electrons. The van der Waals surface area contributed by atoms with E-state index in [1.54, 1.807) is 6.07 Å². The van der Waals surface area contributed by atoms with E-state index in [0.29, 0.717) is 12.5 Å². The van der Waals surface area contributed by atoms with E-state index in [1.165, 1.54) is 6.07 Å². The number of benzene rings is 1. The van der Waals surface area contributed by atoms with Gasteiger partial charge in [0.1, 0.15) is 5.82 Å². The Morgan fingerprint density at radius 1 is 1.38 bits per heavy atom. The highest BCUT2D eigenvalue weighted by Gasteiger charge is 2.23. The summed E-state index contributed by atoms with van der Waals surface area (Å²) in [6, 6.07) is 5.28. The average Bonchev–Trinajstić information content (AvgIpc) is 2.45. The zero-order chi connectivity index (χ0) is 15.5. The fraction of sp³-hybridized carbons (Fsp3) is 0.647. The van der Waals surface area contributed by atoms with Gasteiger partial charge in [0.15, 0.2) is 0 Å². The zero-order valence-corrected chi connectivity index (χ0v) is 13.3. The third-order valence-electron chi connectivity index (χ3n) is 4.01. The summed E-state index contributed by atoms with van der Waals surface area (Å²) in [6.07, 6.45) is 2.10. The van der Waals surface area contributed by atoms with Crippen LogP contribution >= 0.6 is 0 Å². The molecule has 4 heteroatoms. The third kappa shape index (κ3) is 4.42. The number of nitrogens with one attached hydrogen (secondary N) is 1. The predicted octanol–water partition coefficient (Wildman–Crippen LogP) is 2.92. The molecule has 1 fully saturated rings. The highest BCUT2D eigenvalue weighted by atomic mass is 19.1. The van der Waals surface area contributed by atoms with Crippen LogP contribution in [0.5, 0.6) is 0 Å². The summed E-state index contributed by atoms with van der Waals surface area (Å²) in [7, 11) is 0. The Balaban J connectivity index is 2.20. The van der Waals surface area contributed by atoms with Crippen molar-refractivity contribution in [2.75, 3.05) is 24.6 Å². The van der Waals surface area contributed by atoms with Gasteiger partial charge in [-0.2, -0.15) is 0 Å². The number of hydrogen-bond donors (Lipinski definition) is 2. The van der Waals surface area contributed by atoms with Crippen LogP contribution in [0, 0.1) is 11.7 Å². The molecule has 0 amide bonds. The van der Waals surface area contributed by atoms with Crippen LogP contribution in [0.2, 0.25) is 0 Å². The van der Waals surface area contributed by atoms with Gasteiger partial charge in [-0.05, 0) is 51.7 Å². The average molecular weight is 294 g/mol. The van der Waals surface area contributed by atoms with Crippen LogP contribution < -0.4 is 10.2 Å². The van der Waals surface area contributed by atoms with Gasteiger partial charge in [0.2, 0.25) is 0 Å². The quantitative estimate of drug-likeness (QED) is 0.896. The van der Waals surface area contributed by atoms with Crippen LogP contribution in [0.25, 0.3) is 0 Å². The summed E-state index contributed by atoms with van der Waals surface area (Å²) in [6.45, 7) is 8.71. The maximum Gasteiger partial charge on any atom is 0.129 e. The molecule has 1 aliphatic rings. The molecule has 21 heavy (non-hydrogen) atoms. The molecular weight excluding hydrogens is 267 g/mol. The second-order valence-electron chi connectivity index (χ2n) is 6.98. The van der Waals surface area contributed by atoms with Crippen LogP contribution in [-0.4, -0.2) is 30.3 Å². The second kappa shape index (κ2) is 6.75. The number of aliphatic hydroxyl groups is 1. The molecule has 2 N–H and O–H groups in total. The van der Waals surface area contributed by atoms with Gasteiger partial charge < -0.3 is 15.3 Å². The molecule has 1 aliphatic heterocycles. The lowest BCUT2D eigenvalue weighted by molar-refractivity contribution is 0.208. The number of rotatable bonds is 4. The number of anilines is 1. The summed E-state index contributed by atoms with van der Waals surface area (Å²) in [4.78, 5) is 2.22. The lowest BCUT2D eigenvalue weighted by atomic mass is 9.97. The molecule has 1 atom stereocenters. The van der Waals surface area contributed by atoms with Crippen molar-refractivity contribution in [2.24, 2.45) is 5.92 Å². The van der Waals surface area contributed by atoms with E-state index >= 15 is 0 Å². The molecule has 3 nitrogen and oxygen atoms in total. The summed E-state index contributed by atoms with van der Waals surface area (Å²) >= 11 is 0. The summed E-state index contributed by atoms with van der Waals surface area (Å²) < 4.78 is 14.2. The van der Waals surface area contributed by atoms with Crippen molar-refractivity contribution < 1.29 is 9.50 Å². The molecule has 1 saturated heterocycles. The predicted molar refractivity (Wildman–Crippen MR) is 85.0 cm³/mol. The first-order valence-corrected chi connectivity index (χ1v) is 7.79. The van der Waals surface area contributed by atoms with E-state index in [2.05, 4.69) is 31.0 Å². The smallest absolute Gasteiger partial charge is 0.129 e. The van der Waals surface area contributed by atoms with E-state index < -0.39 is 0 Å². The first-order valence-electron chi connectivity index (χ1n) is 7.79. The molecule has 0 bridgehead atoms. The van der Waals surface area contributed by atoms with Gasteiger partial charge >= 0.3 is 0 Å². The minimum atomic E-state index is -0.157. The monoisotopic (exact) mass is 294 g/mol. The molecule has 1 aromatic rings. The Labute approximate surface area is 127 Å². The molecule has 118 valence electrons. The summed E-state index contributed by atoms with van der Waals surface area (Å²) in [5, 5.41) is 12.7. The maximum atomic E-state index is 14.2. The molecule has 1 aromatic carbocycles. The molecular formula is C17H27FN2O. The third-order valence-corrected chi connectivity index (χ3v) is 4.01. The highest BCUT2D eigenvalue weighted by Crippen LogP contribution is 2.28. The van der Waals surface area contributed by atoms with Crippen molar-refractivity contribution in [3.63, 3.8) is 0 Å². The van der Waals surface area contributed by atoms with Crippen LogP contribution in [0.15, 0.2) is 18.2 Å². The van der Waals surface area contributed by atoms with E-state index in [4.69, 9.17) is 0 Å². The van der Waals surface area contributed by atoms with Crippen LogP contribution in [0.3, 0.4) is 0 Å². The number of nitrogens with zero attached hydrogens (tertiary/aromatic N) is 1. The Kier molecular flexibility index (Phi) is 5.22. The van der Waals surface area contributed by atoms with Crippen molar-refractivity contribution >= 4 is 5.69 Å². The van der Waals surface area contributed by atoms with Gasteiger partial charge in [-0.25, -0.2) is 4.39 Å². The normalized spacial score (nSPS) is 19.9. The Bertz CT molecular complexity index is 470. The first kappa shape index (κ1) is 16.2. The Morgan fingerprint density at radius 2 is 2.14 bits per heavy atom. The van der Waals surface area contributed by atoms with Gasteiger partial charge in [-0.1, -0.05) is 6.07 Å². The van der Waals surface area contributed by atoms with Crippen molar-refractivity contribution in [1.29, 1.82) is 0 Å². The number of halogens is 1. The standard InChI is InChI=1S/C17H27FN2O/c1-17(2,3)19-10-14-15(18)7-4-8-16(14)20-9-5-6-13(11-20)12-21/h4,7-8,13,19,21H,5-6,9-12H2,1-3H3. The molecule has 0 saturated carbocycles. The van der Waals surface area contributed by atoms with Gasteiger partial charge in [0.05, 0.1) is 0 Å². The van der Waals surface area contributed by atoms with Gasteiger partial charge in [-0.3, -0.25) is 0 Å². The van der Waals surface area contributed by atoms with Crippen molar-refractivity contribution in [2.45, 2.75) is 45.7 Å². The molecule has 1 unspecified atom stereocenters. The molecule has 0 aromatic heterocycles. The fourth-order valence-corrected chi connectivity index (χ4v) is 2.80. The summed E-state index contributed by atoms with van der Waals surface area (Å²) in [5.41, 5.74) is 1.64. The molecule has 1 heterocycles. The highest BCUT2D eigenvalue weighted by molar-refractivity contribution is 5.54. The zero-order valence-electron chi connectivity index (χ0n) is 13.3. The van der Waals surface area contributed by atoms with Crippen LogP contribution in [0.4, 0.5) is 10.1 Å². The maximum absolute atomic E-state index is 14.2. The van der Waals surface area contributed by atoms with E-state index in [-0.39, 0.29) is 18.0 Å². The first-order chi connectivity index (χ1) is 9.90. The minimum absolute atomic E-state index is 0.0465. The van der Waals surface area contributed by atoms with Crippen molar-refractivity contribution in [3.8, 4) is 0 Å². The van der Waals surface area contributed by atoms with Crippen LogP contribution in [0.1, 0.15) is 39.2 Å². The second-order valence-corrected chi connectivity index (χ2v) is 6.98. The van der Waals surface area contributed by atoms with Crippen molar-refractivity contribution in [1.82, 2.24) is 5.32 Å². The number of hydrogen-bond acceptors (Lipinski definition) is 3. The van der Waals surface area contributed by atoms with Gasteiger partial charge in [0, 0.05) is 43.0 Å². The molecule has 2 rings (SSSR count). The summed E-state index contributed by atoms with van der Waals surface area (Å²) in [5.74, 6) is 0.140. The largest absolute Gasteiger partial charge is 0.396 e. The van der Waals surface area contributed by atoms with E-state index in [0.717, 1.165) is 37.2 Å². The van der Waals surface area contributed by atoms with Crippen LogP contribution in [-0.2, 0) is 6.54 Å². The Morgan fingerprint density at radius 3 is 2.81 bits per heavy atom. The lowest BCUT2D eigenvalue weighted by Gasteiger charge is -2.35. The van der Waals surface area contributed by atoms with Crippen molar-refractivity contribution in [3.05, 3.63) is 29.6 Å². The lowest BCUT2D eigenvalue weighted by Crippen LogP contribution is -2.39. The SMILES string of the molecule is CC(C)(C)NCc1c(F)cccc1N1CCCC(CO)C1. The van der Waals surface area contributed by atoms with E-state index in [9.17, 15) is 9.50 Å². The van der Waals surface area contributed by atoms with Gasteiger partial charge in [-0.15, -0.1) is 0 Å². The topological polar surface area (TPSA) is 35.5 Å². The Hall–Kier alpha value is -1.13. The van der Waals surface area contributed by atoms with E-state index in [1.807, 2.05) is 6.07 Å². The number of aliphatic hydroxyl groups excluding tert-OH is 1. The minimum Gasteiger partial charge on any atom is -0.396 e. The molecule has 0 spiro atoms.